The molecule has 0 N–H and O–H groups in total. The van der Waals surface area contributed by atoms with Gasteiger partial charge < -0.3 is 14.4 Å². The lowest BCUT2D eigenvalue weighted by atomic mass is 9.85. The van der Waals surface area contributed by atoms with E-state index in [1.165, 1.54) is 36.5 Å². The Labute approximate surface area is 295 Å². The third kappa shape index (κ3) is 7.42. The van der Waals surface area contributed by atoms with Crippen molar-refractivity contribution in [2.75, 3.05) is 25.1 Å². The van der Waals surface area contributed by atoms with E-state index in [9.17, 15) is 37.8 Å². The Balaban J connectivity index is 1.45. The van der Waals surface area contributed by atoms with Crippen LogP contribution < -0.4 is 4.90 Å². The van der Waals surface area contributed by atoms with E-state index in [2.05, 4.69) is 4.98 Å². The molecule has 6 rings (SSSR count). The van der Waals surface area contributed by atoms with E-state index in [1.54, 1.807) is 30.3 Å². The maximum absolute atomic E-state index is 15.1. The number of aromatic nitrogens is 1. The van der Waals surface area contributed by atoms with Crippen LogP contribution in [0.5, 0.6) is 0 Å². The van der Waals surface area contributed by atoms with Crippen molar-refractivity contribution in [1.29, 1.82) is 0 Å². The molecule has 0 bridgehead atoms. The van der Waals surface area contributed by atoms with Crippen molar-refractivity contribution in [3.8, 4) is 0 Å². The highest BCUT2D eigenvalue weighted by Crippen LogP contribution is 3.02. The minimum atomic E-state index is -10.2. The molecule has 0 spiro atoms. The van der Waals surface area contributed by atoms with Crippen LogP contribution >= 0.6 is 10.2 Å². The number of alkyl halides is 2. The Morgan fingerprint density at radius 2 is 1.62 bits per heavy atom. The van der Waals surface area contributed by atoms with E-state index in [0.717, 1.165) is 9.80 Å². The smallest absolute Gasteiger partial charge is 0.410 e. The zero-order valence-electron chi connectivity index (χ0n) is 28.0. The largest absolute Gasteiger partial charge is 0.445 e. The predicted molar refractivity (Wildman–Crippen MR) is 177 cm³/mol. The molecule has 3 heterocycles. The lowest BCUT2D eigenvalue weighted by Gasteiger charge is -2.44. The lowest BCUT2D eigenvalue weighted by Crippen LogP contribution is -2.60. The van der Waals surface area contributed by atoms with Crippen LogP contribution in [0.3, 0.4) is 0 Å². The summed E-state index contributed by atoms with van der Waals surface area (Å²) in [5.74, 6) is -4.54. The zero-order valence-corrected chi connectivity index (χ0v) is 28.8. The number of pyridine rings is 1. The van der Waals surface area contributed by atoms with Gasteiger partial charge in [-0.2, -0.15) is 0 Å². The quantitative estimate of drug-likeness (QED) is 0.205. The van der Waals surface area contributed by atoms with Crippen LogP contribution in [0.1, 0.15) is 49.7 Å². The average Bonchev–Trinajstić information content (AvgIpc) is 3.70. The Kier molecular flexibility index (Phi) is 9.30. The van der Waals surface area contributed by atoms with Crippen LogP contribution in [0.4, 0.5) is 38.7 Å². The number of methoxy groups -OCH3 is 1. The molecule has 0 radical (unpaired) electrons. The Morgan fingerprint density at radius 3 is 2.21 bits per heavy atom. The molecule has 1 aliphatic carbocycles. The molecule has 282 valence electrons. The summed E-state index contributed by atoms with van der Waals surface area (Å²) in [5.41, 5.74) is -1.57. The SMILES string of the molecule is COC1CC(C(=O)N(c2ccc(S(F)(F)(F)(F)F)cc2)C2(c3cccnc3)CCN(C3CCC(F)(F)CC3)C2=O)N(C(=O)OCc2ccccc2)C1. The van der Waals surface area contributed by atoms with Crippen LogP contribution in [0.2, 0.25) is 0 Å². The number of hydrogen-bond acceptors (Lipinski definition) is 6. The zero-order chi connectivity index (χ0) is 37.6. The fraction of sp³-hybridized carbons (Fsp3) is 0.429. The maximum Gasteiger partial charge on any atom is 0.410 e. The third-order valence-corrected chi connectivity index (χ3v) is 11.2. The van der Waals surface area contributed by atoms with Crippen molar-refractivity contribution in [2.24, 2.45) is 0 Å². The topological polar surface area (TPSA) is 92.3 Å². The van der Waals surface area contributed by atoms with Crippen molar-refractivity contribution < 1.29 is 52.1 Å². The first kappa shape index (κ1) is 37.4. The number of hydrogen-bond donors (Lipinski definition) is 0. The van der Waals surface area contributed by atoms with Gasteiger partial charge in [-0.25, -0.2) is 13.6 Å². The number of likely N-dealkylation sites (tertiary alicyclic amines) is 2. The van der Waals surface area contributed by atoms with E-state index >= 15 is 4.79 Å². The van der Waals surface area contributed by atoms with Crippen LogP contribution in [0, 0.1) is 0 Å². The summed E-state index contributed by atoms with van der Waals surface area (Å²) in [4.78, 5) is 48.8. The molecule has 17 heteroatoms. The highest BCUT2D eigenvalue weighted by atomic mass is 32.5. The standard InChI is InChI=1S/C35H37F7N4O5S/c1-50-28-20-30(45(22-28)33(49)51-23-24-6-3-2-4-7-24)31(47)46(27-9-11-29(12-10-27)52(38,39,40,41)42)35(25-8-5-18-43-21-25)17-19-44(32(35)48)26-13-15-34(36,37)16-14-26/h2-12,18,21,26,28,30H,13-17,19-20,22-23H2,1H3. The second-order valence-corrected chi connectivity index (χ2v) is 15.8. The molecule has 3 aromatic rings. The molecule has 1 saturated carbocycles. The second-order valence-electron chi connectivity index (χ2n) is 13.4. The van der Waals surface area contributed by atoms with Gasteiger partial charge in [-0.3, -0.25) is 24.4 Å². The van der Waals surface area contributed by atoms with Crippen molar-refractivity contribution in [3.63, 3.8) is 0 Å². The number of carbonyl (C=O) groups excluding carboxylic acids is 3. The minimum absolute atomic E-state index is 0.0223. The van der Waals surface area contributed by atoms with Crippen LogP contribution in [0.15, 0.2) is 84.0 Å². The number of amides is 3. The minimum Gasteiger partial charge on any atom is -0.445 e. The molecule has 2 aliphatic heterocycles. The van der Waals surface area contributed by atoms with Crippen LogP contribution in [0.25, 0.3) is 0 Å². The monoisotopic (exact) mass is 758 g/mol. The molecule has 9 nitrogen and oxygen atoms in total. The number of benzene rings is 2. The number of halogens is 7. The fourth-order valence-electron chi connectivity index (χ4n) is 7.37. The first-order chi connectivity index (χ1) is 24.3. The first-order valence-electron chi connectivity index (χ1n) is 16.6. The molecule has 52 heavy (non-hydrogen) atoms. The normalized spacial score (nSPS) is 25.0. The number of anilines is 1. The average molecular weight is 759 g/mol. The van der Waals surface area contributed by atoms with E-state index in [0.29, 0.717) is 17.7 Å². The molecule has 3 atom stereocenters. The summed E-state index contributed by atoms with van der Waals surface area (Å²) < 4.78 is 109. The van der Waals surface area contributed by atoms with Crippen molar-refractivity contribution >= 4 is 33.8 Å². The highest BCUT2D eigenvalue weighted by molar-refractivity contribution is 8.45. The molecule has 2 saturated heterocycles. The van der Waals surface area contributed by atoms with Crippen molar-refractivity contribution in [2.45, 2.75) is 79.7 Å². The fourth-order valence-corrected chi connectivity index (χ4v) is 8.02. The number of nitrogens with zero attached hydrogens (tertiary/aromatic N) is 4. The van der Waals surface area contributed by atoms with E-state index in [1.807, 2.05) is 0 Å². The summed E-state index contributed by atoms with van der Waals surface area (Å²) in [7, 11) is -8.79. The molecule has 3 fully saturated rings. The molecule has 3 aliphatic rings. The van der Waals surface area contributed by atoms with E-state index in [-0.39, 0.29) is 68.8 Å². The number of ether oxygens (including phenoxy) is 2. The summed E-state index contributed by atoms with van der Waals surface area (Å²) in [6.45, 7) is -0.291. The second kappa shape index (κ2) is 12.9. The Bertz CT molecular complexity index is 1800. The van der Waals surface area contributed by atoms with E-state index < -0.39 is 75.5 Å². The molecular weight excluding hydrogens is 721 g/mol. The number of carbonyl (C=O) groups is 3. The molecule has 1 aromatic heterocycles. The summed E-state index contributed by atoms with van der Waals surface area (Å²) in [6, 6.07) is 11.3. The van der Waals surface area contributed by atoms with Crippen LogP contribution in [-0.4, -0.2) is 77.0 Å². The molecule has 3 amide bonds. The van der Waals surface area contributed by atoms with Gasteiger partial charge in [0.2, 0.25) is 5.92 Å². The summed E-state index contributed by atoms with van der Waals surface area (Å²) in [5, 5.41) is 0. The highest BCUT2D eigenvalue weighted by Gasteiger charge is 2.65. The van der Waals surface area contributed by atoms with Gasteiger partial charge >= 0.3 is 16.3 Å². The number of rotatable bonds is 9. The van der Waals surface area contributed by atoms with Gasteiger partial charge in [0.25, 0.3) is 11.8 Å². The van der Waals surface area contributed by atoms with Gasteiger partial charge in [0.15, 0.2) is 5.54 Å². The molecule has 2 aromatic carbocycles. The Morgan fingerprint density at radius 1 is 0.942 bits per heavy atom. The van der Waals surface area contributed by atoms with Gasteiger partial charge in [0.1, 0.15) is 17.5 Å². The molecular formula is C35H37F7N4O5S. The van der Waals surface area contributed by atoms with Gasteiger partial charge in [-0.15, -0.1) is 0 Å². The van der Waals surface area contributed by atoms with Crippen molar-refractivity contribution in [3.05, 3.63) is 90.3 Å². The van der Waals surface area contributed by atoms with Gasteiger partial charge in [-0.05, 0) is 48.7 Å². The predicted octanol–water partition coefficient (Wildman–Crippen LogP) is 8.20. The van der Waals surface area contributed by atoms with Gasteiger partial charge in [-0.1, -0.05) is 55.8 Å². The Hall–Kier alpha value is -4.38. The van der Waals surface area contributed by atoms with Gasteiger partial charge in [0.05, 0.1) is 12.6 Å². The maximum atomic E-state index is 15.1. The summed E-state index contributed by atoms with van der Waals surface area (Å²) >= 11 is 0. The third-order valence-electron chi connectivity index (χ3n) is 10.1. The van der Waals surface area contributed by atoms with Gasteiger partial charge in [0, 0.05) is 69.0 Å². The van der Waals surface area contributed by atoms with Crippen molar-refractivity contribution in [1.82, 2.24) is 14.8 Å². The lowest BCUT2D eigenvalue weighted by molar-refractivity contribution is -0.139. The van der Waals surface area contributed by atoms with E-state index in [4.69, 9.17) is 9.47 Å². The molecule has 3 unspecified atom stereocenters. The van der Waals surface area contributed by atoms with Crippen LogP contribution in [-0.2, 0) is 31.2 Å². The summed E-state index contributed by atoms with van der Waals surface area (Å²) in [6.07, 6.45) is -0.161. The first-order valence-corrected chi connectivity index (χ1v) is 18.6.